The SMILES string of the molecule is CSc1ncc(C(=O)N2CCN(CCOc3ccccc3Cl)CC2)cn1. The van der Waals surface area contributed by atoms with Crippen LogP contribution in [0, 0.1) is 0 Å². The molecule has 1 aromatic carbocycles. The molecule has 6 nitrogen and oxygen atoms in total. The molecule has 0 radical (unpaired) electrons. The number of aromatic nitrogens is 2. The molecule has 1 aliphatic rings. The molecule has 0 N–H and O–H groups in total. The molecular weight excluding hydrogens is 372 g/mol. The van der Waals surface area contributed by atoms with Crippen molar-refractivity contribution in [3.05, 3.63) is 47.2 Å². The second kappa shape index (κ2) is 9.21. The Morgan fingerprint density at radius 2 is 1.88 bits per heavy atom. The maximum absolute atomic E-state index is 12.5. The first-order chi connectivity index (χ1) is 12.7. The fraction of sp³-hybridized carbons (Fsp3) is 0.389. The summed E-state index contributed by atoms with van der Waals surface area (Å²) in [4.78, 5) is 25.0. The van der Waals surface area contributed by atoms with Gasteiger partial charge in [-0.1, -0.05) is 35.5 Å². The molecule has 0 atom stereocenters. The molecule has 1 saturated heterocycles. The molecule has 26 heavy (non-hydrogen) atoms. The zero-order chi connectivity index (χ0) is 18.4. The highest BCUT2D eigenvalue weighted by atomic mass is 35.5. The lowest BCUT2D eigenvalue weighted by Gasteiger charge is -2.34. The van der Waals surface area contributed by atoms with E-state index < -0.39 is 0 Å². The Kier molecular flexibility index (Phi) is 6.71. The summed E-state index contributed by atoms with van der Waals surface area (Å²) >= 11 is 7.54. The topological polar surface area (TPSA) is 58.6 Å². The van der Waals surface area contributed by atoms with Gasteiger partial charge in [0.25, 0.3) is 5.91 Å². The van der Waals surface area contributed by atoms with E-state index in [1.165, 1.54) is 11.8 Å². The predicted molar refractivity (Wildman–Crippen MR) is 103 cm³/mol. The number of hydrogen-bond donors (Lipinski definition) is 0. The molecule has 0 bridgehead atoms. The highest BCUT2D eigenvalue weighted by molar-refractivity contribution is 7.98. The minimum atomic E-state index is -0.00961. The van der Waals surface area contributed by atoms with E-state index in [4.69, 9.17) is 16.3 Å². The van der Waals surface area contributed by atoms with Crippen LogP contribution >= 0.6 is 23.4 Å². The maximum Gasteiger partial charge on any atom is 0.257 e. The molecule has 2 heterocycles. The molecule has 3 rings (SSSR count). The number of hydrogen-bond acceptors (Lipinski definition) is 6. The van der Waals surface area contributed by atoms with E-state index >= 15 is 0 Å². The van der Waals surface area contributed by atoms with Crippen LogP contribution in [0.3, 0.4) is 0 Å². The third-order valence-electron chi connectivity index (χ3n) is 4.22. The normalized spacial score (nSPS) is 15.1. The van der Waals surface area contributed by atoms with Gasteiger partial charge in [-0.25, -0.2) is 9.97 Å². The summed E-state index contributed by atoms with van der Waals surface area (Å²) in [6, 6.07) is 7.46. The Hall–Kier alpha value is -1.83. The molecule has 0 unspecified atom stereocenters. The number of piperazine rings is 1. The second-order valence-electron chi connectivity index (χ2n) is 5.87. The van der Waals surface area contributed by atoms with E-state index in [2.05, 4.69) is 14.9 Å². The average Bonchev–Trinajstić information content (AvgIpc) is 2.69. The largest absolute Gasteiger partial charge is 0.491 e. The standard InChI is InChI=1S/C18H21ClN4O2S/c1-26-18-20-12-14(13-21-18)17(24)23-8-6-22(7-9-23)10-11-25-16-5-3-2-4-15(16)19/h2-5,12-13H,6-11H2,1H3. The van der Waals surface area contributed by atoms with Crippen LogP contribution in [-0.2, 0) is 0 Å². The van der Waals surface area contributed by atoms with Gasteiger partial charge >= 0.3 is 0 Å². The first kappa shape index (κ1) is 18.9. The van der Waals surface area contributed by atoms with Crippen LogP contribution in [0.1, 0.15) is 10.4 Å². The average molecular weight is 393 g/mol. The molecule has 138 valence electrons. The van der Waals surface area contributed by atoms with Crippen LogP contribution in [0.25, 0.3) is 0 Å². The molecule has 0 saturated carbocycles. The van der Waals surface area contributed by atoms with Crippen molar-refractivity contribution in [3.8, 4) is 5.75 Å². The molecule has 1 fully saturated rings. The van der Waals surface area contributed by atoms with E-state index in [1.807, 2.05) is 35.4 Å². The molecule has 1 aromatic heterocycles. The minimum Gasteiger partial charge on any atom is -0.491 e. The molecule has 2 aromatic rings. The van der Waals surface area contributed by atoms with Gasteiger partial charge in [0.2, 0.25) is 0 Å². The smallest absolute Gasteiger partial charge is 0.257 e. The zero-order valence-electron chi connectivity index (χ0n) is 14.6. The Bertz CT molecular complexity index is 736. The van der Waals surface area contributed by atoms with Crippen LogP contribution in [0.5, 0.6) is 5.75 Å². The predicted octanol–water partition coefficient (Wildman–Crippen LogP) is 2.69. The molecule has 0 spiro atoms. The summed E-state index contributed by atoms with van der Waals surface area (Å²) in [6.45, 7) is 4.40. The highest BCUT2D eigenvalue weighted by Gasteiger charge is 2.22. The number of thioether (sulfide) groups is 1. The van der Waals surface area contributed by atoms with E-state index in [9.17, 15) is 4.79 Å². The van der Waals surface area contributed by atoms with Crippen molar-refractivity contribution < 1.29 is 9.53 Å². The van der Waals surface area contributed by atoms with Crippen molar-refractivity contribution in [2.75, 3.05) is 45.6 Å². The van der Waals surface area contributed by atoms with Crippen molar-refractivity contribution in [1.29, 1.82) is 0 Å². The Balaban J connectivity index is 1.43. The highest BCUT2D eigenvalue weighted by Crippen LogP contribution is 2.23. The van der Waals surface area contributed by atoms with E-state index in [-0.39, 0.29) is 5.91 Å². The fourth-order valence-corrected chi connectivity index (χ4v) is 3.24. The Morgan fingerprint density at radius 1 is 1.19 bits per heavy atom. The Labute approximate surface area is 162 Å². The number of carbonyl (C=O) groups excluding carboxylic acids is 1. The summed E-state index contributed by atoms with van der Waals surface area (Å²) in [6.07, 6.45) is 5.11. The van der Waals surface area contributed by atoms with E-state index in [0.717, 1.165) is 19.6 Å². The van der Waals surface area contributed by atoms with Gasteiger partial charge in [-0.3, -0.25) is 9.69 Å². The molecule has 0 aliphatic carbocycles. The number of nitrogens with zero attached hydrogens (tertiary/aromatic N) is 4. The van der Waals surface area contributed by atoms with Crippen LogP contribution in [-0.4, -0.2) is 71.3 Å². The minimum absolute atomic E-state index is 0.00961. The van der Waals surface area contributed by atoms with Crippen molar-refractivity contribution in [2.24, 2.45) is 0 Å². The molecule has 1 amide bonds. The van der Waals surface area contributed by atoms with Crippen molar-refractivity contribution >= 4 is 29.3 Å². The van der Waals surface area contributed by atoms with E-state index in [1.54, 1.807) is 12.4 Å². The molecular formula is C18H21ClN4O2S. The molecule has 1 aliphatic heterocycles. The fourth-order valence-electron chi connectivity index (χ4n) is 2.74. The van der Waals surface area contributed by atoms with Crippen molar-refractivity contribution in [1.82, 2.24) is 19.8 Å². The number of carbonyl (C=O) groups is 1. The first-order valence-electron chi connectivity index (χ1n) is 8.42. The van der Waals surface area contributed by atoms with Gasteiger partial charge in [0.05, 0.1) is 10.6 Å². The number of benzene rings is 1. The lowest BCUT2D eigenvalue weighted by Crippen LogP contribution is -2.49. The van der Waals surface area contributed by atoms with Gasteiger partial charge < -0.3 is 9.64 Å². The van der Waals surface area contributed by atoms with E-state index in [0.29, 0.717) is 41.2 Å². The van der Waals surface area contributed by atoms with Crippen LogP contribution in [0.2, 0.25) is 5.02 Å². The summed E-state index contributed by atoms with van der Waals surface area (Å²) < 4.78 is 5.73. The lowest BCUT2D eigenvalue weighted by molar-refractivity contribution is 0.0619. The van der Waals surface area contributed by atoms with Gasteiger partial charge in [0, 0.05) is 45.1 Å². The zero-order valence-corrected chi connectivity index (χ0v) is 16.2. The summed E-state index contributed by atoms with van der Waals surface area (Å²) in [7, 11) is 0. The third kappa shape index (κ3) is 4.87. The lowest BCUT2D eigenvalue weighted by atomic mass is 10.2. The van der Waals surface area contributed by atoms with Crippen molar-refractivity contribution in [3.63, 3.8) is 0 Å². The number of halogens is 1. The number of amides is 1. The van der Waals surface area contributed by atoms with Gasteiger partial charge in [-0.15, -0.1) is 0 Å². The van der Waals surface area contributed by atoms with Crippen LogP contribution in [0.15, 0.2) is 41.8 Å². The van der Waals surface area contributed by atoms with Gasteiger partial charge in [0.1, 0.15) is 12.4 Å². The monoisotopic (exact) mass is 392 g/mol. The summed E-state index contributed by atoms with van der Waals surface area (Å²) in [5.41, 5.74) is 0.540. The first-order valence-corrected chi connectivity index (χ1v) is 10.0. The summed E-state index contributed by atoms with van der Waals surface area (Å²) in [5.74, 6) is 0.696. The van der Waals surface area contributed by atoms with Crippen LogP contribution in [0.4, 0.5) is 0 Å². The maximum atomic E-state index is 12.5. The third-order valence-corrected chi connectivity index (χ3v) is 5.11. The molecule has 8 heteroatoms. The Morgan fingerprint density at radius 3 is 2.54 bits per heavy atom. The van der Waals surface area contributed by atoms with Crippen LogP contribution < -0.4 is 4.74 Å². The number of para-hydroxylation sites is 1. The number of rotatable bonds is 6. The van der Waals surface area contributed by atoms with Gasteiger partial charge in [0.15, 0.2) is 5.16 Å². The second-order valence-corrected chi connectivity index (χ2v) is 7.05. The van der Waals surface area contributed by atoms with Crippen molar-refractivity contribution in [2.45, 2.75) is 5.16 Å². The quantitative estimate of drug-likeness (QED) is 0.556. The van der Waals surface area contributed by atoms with Gasteiger partial charge in [-0.05, 0) is 18.4 Å². The number of ether oxygens (including phenoxy) is 1. The summed E-state index contributed by atoms with van der Waals surface area (Å²) in [5, 5.41) is 1.29. The van der Waals surface area contributed by atoms with Gasteiger partial charge in [-0.2, -0.15) is 0 Å².